The van der Waals surface area contributed by atoms with Crippen molar-refractivity contribution in [1.82, 2.24) is 0 Å². The summed E-state index contributed by atoms with van der Waals surface area (Å²) in [6, 6.07) is 0. The smallest absolute Gasteiger partial charge is 0.102 e. The van der Waals surface area contributed by atoms with E-state index in [1.54, 1.807) is 0 Å². The first kappa shape index (κ1) is 34.8. The largest absolute Gasteiger partial charge is 0.376 e. The molecule has 0 aromatic carbocycles. The van der Waals surface area contributed by atoms with Gasteiger partial charge in [0.05, 0.1) is 26.9 Å². The van der Waals surface area contributed by atoms with E-state index in [2.05, 4.69) is 27.8 Å². The number of nitrogens with zero attached hydrogens (tertiary/aromatic N) is 1. The molecule has 0 fully saturated rings. The van der Waals surface area contributed by atoms with Gasteiger partial charge in [-0.1, -0.05) is 117 Å². The summed E-state index contributed by atoms with van der Waals surface area (Å²) in [5.74, 6) is 0. The summed E-state index contributed by atoms with van der Waals surface area (Å²) >= 11 is 0. The zero-order chi connectivity index (χ0) is 25.7. The molecular formula is C31H66NO3+. The predicted molar refractivity (Wildman–Crippen MR) is 153 cm³/mol. The molecule has 0 saturated carbocycles. The molecule has 0 aromatic rings. The first-order valence-corrected chi connectivity index (χ1v) is 15.7. The van der Waals surface area contributed by atoms with Crippen molar-refractivity contribution in [3.05, 3.63) is 0 Å². The van der Waals surface area contributed by atoms with Crippen LogP contribution in [-0.2, 0) is 14.2 Å². The third-order valence-electron chi connectivity index (χ3n) is 7.25. The van der Waals surface area contributed by atoms with E-state index < -0.39 is 0 Å². The molecule has 0 amide bonds. The van der Waals surface area contributed by atoms with Gasteiger partial charge in [-0.3, -0.25) is 0 Å². The Bertz CT molecular complexity index is 336. The van der Waals surface area contributed by atoms with Crippen molar-refractivity contribution in [3.63, 3.8) is 0 Å². The summed E-state index contributed by atoms with van der Waals surface area (Å²) in [4.78, 5) is 0. The van der Waals surface area contributed by atoms with Crippen LogP contribution in [-0.4, -0.2) is 70.8 Å². The fourth-order valence-corrected chi connectivity index (χ4v) is 4.45. The highest BCUT2D eigenvalue weighted by Gasteiger charge is 2.21. The number of unbranched alkanes of at least 4 members (excludes halogenated alkanes) is 15. The first-order chi connectivity index (χ1) is 17.2. The minimum atomic E-state index is 0.848. The van der Waals surface area contributed by atoms with Crippen LogP contribution in [0.3, 0.4) is 0 Å². The van der Waals surface area contributed by atoms with Crippen molar-refractivity contribution in [1.29, 1.82) is 0 Å². The predicted octanol–water partition coefficient (Wildman–Crippen LogP) is 8.56. The lowest BCUT2D eigenvalue weighted by molar-refractivity contribution is -0.910. The minimum absolute atomic E-state index is 0.848. The van der Waals surface area contributed by atoms with Gasteiger partial charge in [0, 0.05) is 19.8 Å². The molecule has 0 aliphatic carbocycles. The highest BCUT2D eigenvalue weighted by Crippen LogP contribution is 2.09. The molecule has 0 aromatic heterocycles. The van der Waals surface area contributed by atoms with Gasteiger partial charge in [0.25, 0.3) is 0 Å². The average molecular weight is 501 g/mol. The summed E-state index contributed by atoms with van der Waals surface area (Å²) in [6.07, 6.45) is 23.8. The number of quaternary nitrogens is 1. The van der Waals surface area contributed by atoms with Crippen LogP contribution in [0, 0.1) is 0 Å². The van der Waals surface area contributed by atoms with Gasteiger partial charge in [-0.05, 0) is 19.3 Å². The monoisotopic (exact) mass is 501 g/mol. The Hall–Kier alpha value is -0.160. The molecule has 4 nitrogen and oxygen atoms in total. The Balaban J connectivity index is 4.05. The molecule has 0 atom stereocenters. The van der Waals surface area contributed by atoms with Gasteiger partial charge in [0.1, 0.15) is 19.6 Å². The van der Waals surface area contributed by atoms with Crippen LogP contribution in [0.25, 0.3) is 0 Å². The Morgan fingerprint density at radius 2 is 0.600 bits per heavy atom. The lowest BCUT2D eigenvalue weighted by Crippen LogP contribution is -2.50. The van der Waals surface area contributed by atoms with E-state index in [9.17, 15) is 0 Å². The molecule has 0 bridgehead atoms. The second-order valence-corrected chi connectivity index (χ2v) is 10.9. The highest BCUT2D eigenvalue weighted by molar-refractivity contribution is 4.48. The molecule has 0 N–H and O–H groups in total. The summed E-state index contributed by atoms with van der Waals surface area (Å²) < 4.78 is 19.1. The number of ether oxygens (including phenoxy) is 3. The Morgan fingerprint density at radius 3 is 0.886 bits per heavy atom. The van der Waals surface area contributed by atoms with E-state index in [0.29, 0.717) is 0 Å². The van der Waals surface area contributed by atoms with Gasteiger partial charge in [0.15, 0.2) is 0 Å². The van der Waals surface area contributed by atoms with E-state index in [-0.39, 0.29) is 0 Å². The SMILES string of the molecule is CCCCCCCCOCC[N+](C)(CCOCCCCCCCC)CCOCCCCCCCC. The highest BCUT2D eigenvalue weighted by atomic mass is 16.5. The Morgan fingerprint density at radius 1 is 0.343 bits per heavy atom. The van der Waals surface area contributed by atoms with Gasteiger partial charge in [0.2, 0.25) is 0 Å². The molecule has 0 rings (SSSR count). The normalized spacial score (nSPS) is 12.0. The van der Waals surface area contributed by atoms with E-state index >= 15 is 0 Å². The molecular weight excluding hydrogens is 434 g/mol. The van der Waals surface area contributed by atoms with Crippen LogP contribution in [0.4, 0.5) is 0 Å². The molecule has 0 heterocycles. The fraction of sp³-hybridized carbons (Fsp3) is 1.00. The average Bonchev–Trinajstić information content (AvgIpc) is 2.86. The van der Waals surface area contributed by atoms with Crippen molar-refractivity contribution in [2.75, 3.05) is 66.3 Å². The van der Waals surface area contributed by atoms with Crippen molar-refractivity contribution < 1.29 is 18.7 Å². The van der Waals surface area contributed by atoms with Crippen LogP contribution < -0.4 is 0 Å². The molecule has 0 aliphatic rings. The van der Waals surface area contributed by atoms with E-state index in [0.717, 1.165) is 63.8 Å². The maximum Gasteiger partial charge on any atom is 0.102 e. The maximum atomic E-state index is 6.02. The van der Waals surface area contributed by atoms with Crippen molar-refractivity contribution in [2.45, 2.75) is 136 Å². The maximum absolute atomic E-state index is 6.02. The van der Waals surface area contributed by atoms with Crippen LogP contribution >= 0.6 is 0 Å². The molecule has 35 heavy (non-hydrogen) atoms. The third-order valence-corrected chi connectivity index (χ3v) is 7.25. The zero-order valence-electron chi connectivity index (χ0n) is 24.8. The molecule has 0 radical (unpaired) electrons. The van der Waals surface area contributed by atoms with Crippen molar-refractivity contribution in [3.8, 4) is 0 Å². The molecule has 212 valence electrons. The lowest BCUT2D eigenvalue weighted by atomic mass is 10.1. The summed E-state index contributed by atoms with van der Waals surface area (Å²) in [5, 5.41) is 0. The van der Waals surface area contributed by atoms with Gasteiger partial charge in [-0.15, -0.1) is 0 Å². The minimum Gasteiger partial charge on any atom is -0.376 e. The standard InChI is InChI=1S/C31H66NO3/c1-5-8-11-14-17-20-26-33-29-23-32(4,24-30-34-27-21-18-15-12-9-6-2)25-31-35-28-22-19-16-13-10-7-3/h5-31H2,1-4H3/q+1. The second kappa shape index (κ2) is 28.4. The Kier molecular flexibility index (Phi) is 28.3. The van der Waals surface area contributed by atoms with E-state index in [1.807, 2.05) is 0 Å². The van der Waals surface area contributed by atoms with Gasteiger partial charge >= 0.3 is 0 Å². The summed E-state index contributed by atoms with van der Waals surface area (Å²) in [6.45, 7) is 15.3. The van der Waals surface area contributed by atoms with Gasteiger partial charge in [-0.2, -0.15) is 0 Å². The molecule has 0 spiro atoms. The molecule has 0 unspecified atom stereocenters. The topological polar surface area (TPSA) is 27.7 Å². The second-order valence-electron chi connectivity index (χ2n) is 10.9. The van der Waals surface area contributed by atoms with Crippen molar-refractivity contribution in [2.24, 2.45) is 0 Å². The fourth-order valence-electron chi connectivity index (χ4n) is 4.45. The van der Waals surface area contributed by atoms with Crippen molar-refractivity contribution >= 4 is 0 Å². The van der Waals surface area contributed by atoms with E-state index in [4.69, 9.17) is 14.2 Å². The molecule has 4 heteroatoms. The number of hydrogen-bond donors (Lipinski definition) is 0. The van der Waals surface area contributed by atoms with Crippen LogP contribution in [0.15, 0.2) is 0 Å². The van der Waals surface area contributed by atoms with Gasteiger partial charge in [-0.25, -0.2) is 0 Å². The van der Waals surface area contributed by atoms with E-state index in [1.165, 1.54) is 116 Å². The van der Waals surface area contributed by atoms with Crippen LogP contribution in [0.2, 0.25) is 0 Å². The number of hydrogen-bond acceptors (Lipinski definition) is 3. The number of rotatable bonds is 30. The summed E-state index contributed by atoms with van der Waals surface area (Å²) in [7, 11) is 2.36. The molecule has 0 aliphatic heterocycles. The zero-order valence-corrected chi connectivity index (χ0v) is 24.8. The lowest BCUT2D eigenvalue weighted by Gasteiger charge is -2.34. The third kappa shape index (κ3) is 26.7. The van der Waals surface area contributed by atoms with Crippen LogP contribution in [0.5, 0.6) is 0 Å². The first-order valence-electron chi connectivity index (χ1n) is 15.7. The molecule has 0 saturated heterocycles. The quantitative estimate of drug-likeness (QED) is 0.0730. The Labute approximate surface area is 221 Å². The van der Waals surface area contributed by atoms with Crippen LogP contribution in [0.1, 0.15) is 136 Å². The number of likely N-dealkylation sites (N-methyl/N-ethyl adjacent to an activating group) is 1. The summed E-state index contributed by atoms with van der Waals surface area (Å²) in [5.41, 5.74) is 0. The van der Waals surface area contributed by atoms with Gasteiger partial charge < -0.3 is 18.7 Å².